The van der Waals surface area contributed by atoms with Crippen LogP contribution in [0.15, 0.2) is 28.7 Å². The van der Waals surface area contributed by atoms with Gasteiger partial charge in [0.05, 0.1) is 10.7 Å². The summed E-state index contributed by atoms with van der Waals surface area (Å²) in [7, 11) is 0. The Hall–Kier alpha value is -0.710. The summed E-state index contributed by atoms with van der Waals surface area (Å²) in [4.78, 5) is 5.83. The number of nitrogens with one attached hydrogen (secondary N) is 1. The number of hydrogen-bond acceptors (Lipinski definition) is 3. The van der Waals surface area contributed by atoms with Crippen LogP contribution in [0.4, 0.5) is 0 Å². The zero-order valence-electron chi connectivity index (χ0n) is 11.7. The van der Waals surface area contributed by atoms with Crippen molar-refractivity contribution in [2.45, 2.75) is 39.8 Å². The molecule has 102 valence electrons. The lowest BCUT2D eigenvalue weighted by Crippen LogP contribution is -2.22. The van der Waals surface area contributed by atoms with Crippen LogP contribution in [0.3, 0.4) is 0 Å². The maximum atomic E-state index is 4.50. The van der Waals surface area contributed by atoms with Gasteiger partial charge in [0, 0.05) is 21.4 Å². The predicted octanol–water partition coefficient (Wildman–Crippen LogP) is 4.93. The fourth-order valence-corrected chi connectivity index (χ4v) is 3.63. The van der Waals surface area contributed by atoms with E-state index in [1.54, 1.807) is 11.3 Å². The van der Waals surface area contributed by atoms with Gasteiger partial charge in [-0.2, -0.15) is 0 Å². The van der Waals surface area contributed by atoms with Crippen LogP contribution in [0.5, 0.6) is 0 Å². The van der Waals surface area contributed by atoms with Gasteiger partial charge in [0.2, 0.25) is 0 Å². The lowest BCUT2D eigenvalue weighted by Gasteiger charge is -2.20. The fourth-order valence-electron chi connectivity index (χ4n) is 2.27. The third-order valence-electron chi connectivity index (χ3n) is 3.18. The van der Waals surface area contributed by atoms with Crippen LogP contribution in [0.25, 0.3) is 0 Å². The summed E-state index contributed by atoms with van der Waals surface area (Å²) in [5, 5.41) is 4.78. The fraction of sp³-hybridized carbons (Fsp3) is 0.400. The van der Waals surface area contributed by atoms with Crippen LogP contribution in [0.2, 0.25) is 0 Å². The van der Waals surface area contributed by atoms with E-state index in [4.69, 9.17) is 0 Å². The highest BCUT2D eigenvalue weighted by Gasteiger charge is 2.15. The van der Waals surface area contributed by atoms with Gasteiger partial charge in [-0.1, -0.05) is 28.1 Å². The first kappa shape index (κ1) is 14.7. The second-order valence-electron chi connectivity index (χ2n) is 4.85. The molecule has 2 rings (SSSR count). The summed E-state index contributed by atoms with van der Waals surface area (Å²) in [6.45, 7) is 8.54. The molecule has 0 saturated carbocycles. The van der Waals surface area contributed by atoms with Crippen LogP contribution in [0, 0.1) is 13.8 Å². The average Bonchev–Trinajstić information content (AvgIpc) is 2.68. The largest absolute Gasteiger partial charge is 0.303 e. The van der Waals surface area contributed by atoms with E-state index in [1.807, 2.05) is 0 Å². The van der Waals surface area contributed by atoms with E-state index in [1.165, 1.54) is 10.4 Å². The first-order valence-electron chi connectivity index (χ1n) is 6.43. The van der Waals surface area contributed by atoms with Crippen molar-refractivity contribution in [2.24, 2.45) is 0 Å². The van der Waals surface area contributed by atoms with Crippen LogP contribution in [0.1, 0.15) is 47.1 Å². The number of thiazole rings is 1. The van der Waals surface area contributed by atoms with Crippen molar-refractivity contribution in [1.82, 2.24) is 10.3 Å². The highest BCUT2D eigenvalue weighted by molar-refractivity contribution is 9.10. The van der Waals surface area contributed by atoms with Crippen LogP contribution in [-0.2, 0) is 0 Å². The molecule has 0 amide bonds. The third kappa shape index (κ3) is 3.65. The number of benzene rings is 1. The van der Waals surface area contributed by atoms with Crippen molar-refractivity contribution < 1.29 is 0 Å². The molecular formula is C15H19BrN2S. The molecule has 0 bridgehead atoms. The molecule has 4 heteroatoms. The van der Waals surface area contributed by atoms with Crippen LogP contribution < -0.4 is 5.32 Å². The van der Waals surface area contributed by atoms with E-state index >= 15 is 0 Å². The number of halogens is 1. The van der Waals surface area contributed by atoms with Crippen LogP contribution in [-0.4, -0.2) is 4.98 Å². The van der Waals surface area contributed by atoms with E-state index in [0.717, 1.165) is 15.2 Å². The molecule has 0 aliphatic carbocycles. The third-order valence-corrected chi connectivity index (χ3v) is 4.93. The number of aryl methyl sites for hydroxylation is 2. The van der Waals surface area contributed by atoms with Gasteiger partial charge in [0.25, 0.3) is 0 Å². The number of aromatic nitrogens is 1. The molecule has 0 aliphatic rings. The summed E-state index contributed by atoms with van der Waals surface area (Å²) in [6.07, 6.45) is 0. The molecule has 2 aromatic rings. The monoisotopic (exact) mass is 338 g/mol. The minimum atomic E-state index is 0.314. The summed E-state index contributed by atoms with van der Waals surface area (Å²) in [5.41, 5.74) is 2.43. The Balaban J connectivity index is 2.10. The molecule has 1 aromatic carbocycles. The molecule has 1 unspecified atom stereocenters. The minimum absolute atomic E-state index is 0.314. The van der Waals surface area contributed by atoms with Gasteiger partial charge >= 0.3 is 0 Å². The zero-order valence-corrected chi connectivity index (χ0v) is 14.1. The van der Waals surface area contributed by atoms with Crippen molar-refractivity contribution >= 4 is 27.3 Å². The molecule has 0 aliphatic heterocycles. The number of nitrogens with zero attached hydrogens (tertiary/aromatic N) is 1. The predicted molar refractivity (Wildman–Crippen MR) is 85.7 cm³/mol. The molecule has 0 spiro atoms. The van der Waals surface area contributed by atoms with Gasteiger partial charge in [-0.05, 0) is 45.4 Å². The molecule has 0 radical (unpaired) electrons. The summed E-state index contributed by atoms with van der Waals surface area (Å²) >= 11 is 5.30. The Morgan fingerprint density at radius 2 is 1.95 bits per heavy atom. The molecule has 0 fully saturated rings. The minimum Gasteiger partial charge on any atom is -0.303 e. The quantitative estimate of drug-likeness (QED) is 0.854. The van der Waals surface area contributed by atoms with Crippen molar-refractivity contribution in [2.75, 3.05) is 0 Å². The summed E-state index contributed by atoms with van der Waals surface area (Å²) < 4.78 is 1.12. The molecule has 0 saturated heterocycles. The topological polar surface area (TPSA) is 24.9 Å². The van der Waals surface area contributed by atoms with Crippen molar-refractivity contribution in [3.8, 4) is 0 Å². The van der Waals surface area contributed by atoms with Gasteiger partial charge in [0.1, 0.15) is 0 Å². The highest BCUT2D eigenvalue weighted by atomic mass is 79.9. The molecule has 1 heterocycles. The molecule has 1 N–H and O–H groups in total. The SMILES string of the molecule is Cc1nc(C)c(C(C)N[C@H](C)c2cccc(Br)c2)s1. The average molecular weight is 339 g/mol. The molecule has 2 atom stereocenters. The lowest BCUT2D eigenvalue weighted by molar-refractivity contribution is 0.498. The van der Waals surface area contributed by atoms with Crippen LogP contribution >= 0.6 is 27.3 Å². The van der Waals surface area contributed by atoms with Gasteiger partial charge in [-0.15, -0.1) is 11.3 Å². The zero-order chi connectivity index (χ0) is 14.0. The van der Waals surface area contributed by atoms with Gasteiger partial charge in [-0.3, -0.25) is 0 Å². The normalized spacial score (nSPS) is 14.4. The maximum absolute atomic E-state index is 4.50. The van der Waals surface area contributed by atoms with Gasteiger partial charge < -0.3 is 5.32 Å². The Kier molecular flexibility index (Phi) is 4.76. The van der Waals surface area contributed by atoms with Crippen molar-refractivity contribution in [3.05, 3.63) is 49.9 Å². The lowest BCUT2D eigenvalue weighted by atomic mass is 10.1. The maximum Gasteiger partial charge on any atom is 0.0900 e. The van der Waals surface area contributed by atoms with Crippen molar-refractivity contribution in [1.29, 1.82) is 0 Å². The van der Waals surface area contributed by atoms with E-state index in [0.29, 0.717) is 12.1 Å². The smallest absolute Gasteiger partial charge is 0.0900 e. The Bertz CT molecular complexity index is 565. The molecule has 19 heavy (non-hydrogen) atoms. The Morgan fingerprint density at radius 3 is 2.53 bits per heavy atom. The number of hydrogen-bond donors (Lipinski definition) is 1. The second-order valence-corrected chi connectivity index (χ2v) is 7.00. The van der Waals surface area contributed by atoms with E-state index in [-0.39, 0.29) is 0 Å². The first-order valence-corrected chi connectivity index (χ1v) is 8.03. The molecule has 2 nitrogen and oxygen atoms in total. The standard InChI is InChI=1S/C15H19BrN2S/c1-9(13-6-5-7-14(16)8-13)17-10(2)15-11(3)18-12(4)19-15/h5-10,17H,1-4H3/t9-,10?/m1/s1. The summed E-state index contributed by atoms with van der Waals surface area (Å²) in [6, 6.07) is 9.07. The summed E-state index contributed by atoms with van der Waals surface area (Å²) in [5.74, 6) is 0. The van der Waals surface area contributed by atoms with Gasteiger partial charge in [0.15, 0.2) is 0 Å². The Morgan fingerprint density at radius 1 is 1.21 bits per heavy atom. The highest BCUT2D eigenvalue weighted by Crippen LogP contribution is 2.27. The van der Waals surface area contributed by atoms with E-state index in [2.05, 4.69) is 78.2 Å². The van der Waals surface area contributed by atoms with Crippen molar-refractivity contribution in [3.63, 3.8) is 0 Å². The first-order chi connectivity index (χ1) is 8.97. The molecule has 1 aromatic heterocycles. The van der Waals surface area contributed by atoms with Gasteiger partial charge in [-0.25, -0.2) is 4.98 Å². The molecular weight excluding hydrogens is 320 g/mol. The van der Waals surface area contributed by atoms with E-state index < -0.39 is 0 Å². The number of rotatable bonds is 4. The Labute approximate surface area is 127 Å². The second kappa shape index (κ2) is 6.16. The van der Waals surface area contributed by atoms with E-state index in [9.17, 15) is 0 Å².